The summed E-state index contributed by atoms with van der Waals surface area (Å²) in [7, 11) is 0. The molecule has 1 rings (SSSR count). The molecule has 0 aromatic heterocycles. The average Bonchev–Trinajstić information content (AvgIpc) is 2.69. The van der Waals surface area contributed by atoms with Crippen LogP contribution in [0.5, 0.6) is 0 Å². The lowest BCUT2D eigenvalue weighted by Crippen LogP contribution is -2.38. The topological polar surface area (TPSA) is 41.5 Å². The Labute approximate surface area is 99.6 Å². The highest BCUT2D eigenvalue weighted by atomic mass is 16.5. The number of hydrogen-bond donors (Lipinski definition) is 2. The highest BCUT2D eigenvalue weighted by molar-refractivity contribution is 4.74. The Kier molecular flexibility index (Phi) is 6.32. The van der Waals surface area contributed by atoms with Gasteiger partial charge in [-0.25, -0.2) is 0 Å². The van der Waals surface area contributed by atoms with Crippen molar-refractivity contribution < 1.29 is 9.84 Å². The zero-order valence-electron chi connectivity index (χ0n) is 10.8. The van der Waals surface area contributed by atoms with E-state index < -0.39 is 5.60 Å². The molecule has 2 unspecified atom stereocenters. The van der Waals surface area contributed by atoms with E-state index in [4.69, 9.17) is 4.74 Å². The molecule has 0 aromatic rings. The van der Waals surface area contributed by atoms with Crippen LogP contribution in [0.3, 0.4) is 0 Å². The van der Waals surface area contributed by atoms with Crippen molar-refractivity contribution in [2.24, 2.45) is 0 Å². The molecule has 1 aliphatic rings. The second kappa shape index (κ2) is 7.25. The van der Waals surface area contributed by atoms with Gasteiger partial charge in [0.05, 0.1) is 11.7 Å². The van der Waals surface area contributed by atoms with Gasteiger partial charge in [0, 0.05) is 13.2 Å². The van der Waals surface area contributed by atoms with Gasteiger partial charge in [0.15, 0.2) is 0 Å². The molecule has 0 saturated carbocycles. The first kappa shape index (κ1) is 13.9. The number of nitrogens with one attached hydrogen (secondary N) is 1. The van der Waals surface area contributed by atoms with Crippen molar-refractivity contribution >= 4 is 0 Å². The van der Waals surface area contributed by atoms with E-state index in [1.807, 2.05) is 6.92 Å². The van der Waals surface area contributed by atoms with Gasteiger partial charge in [-0.05, 0) is 45.6 Å². The summed E-state index contributed by atoms with van der Waals surface area (Å²) in [6.07, 6.45) is 7.15. The molecule has 3 nitrogen and oxygen atoms in total. The van der Waals surface area contributed by atoms with Gasteiger partial charge in [-0.2, -0.15) is 0 Å². The second-order valence-corrected chi connectivity index (χ2v) is 5.20. The van der Waals surface area contributed by atoms with E-state index in [0.29, 0.717) is 12.6 Å². The quantitative estimate of drug-likeness (QED) is 0.626. The summed E-state index contributed by atoms with van der Waals surface area (Å²) in [6.45, 7) is 6.64. The molecule has 1 aliphatic heterocycles. The Balaban J connectivity index is 1.94. The van der Waals surface area contributed by atoms with Crippen molar-refractivity contribution in [2.45, 2.75) is 64.1 Å². The fraction of sp³-hybridized carbons (Fsp3) is 1.00. The number of rotatable bonds is 8. The molecular formula is C13H27NO2. The maximum atomic E-state index is 9.94. The van der Waals surface area contributed by atoms with E-state index in [0.717, 1.165) is 38.8 Å². The molecule has 2 atom stereocenters. The highest BCUT2D eigenvalue weighted by Crippen LogP contribution is 2.16. The minimum Gasteiger partial charge on any atom is -0.389 e. The summed E-state index contributed by atoms with van der Waals surface area (Å²) in [5, 5.41) is 13.3. The predicted octanol–water partition coefficient (Wildman–Crippen LogP) is 2.09. The van der Waals surface area contributed by atoms with Crippen LogP contribution in [0.4, 0.5) is 0 Å². The van der Waals surface area contributed by atoms with Crippen LogP contribution in [0.15, 0.2) is 0 Å². The van der Waals surface area contributed by atoms with Crippen LogP contribution in [-0.2, 0) is 4.74 Å². The van der Waals surface area contributed by atoms with E-state index in [-0.39, 0.29) is 0 Å². The van der Waals surface area contributed by atoms with E-state index in [1.54, 1.807) is 0 Å². The first-order valence-corrected chi connectivity index (χ1v) is 6.69. The fourth-order valence-corrected chi connectivity index (χ4v) is 2.31. The maximum Gasteiger partial charge on any atom is 0.0743 e. The van der Waals surface area contributed by atoms with Gasteiger partial charge in [-0.15, -0.1) is 0 Å². The first-order chi connectivity index (χ1) is 7.64. The zero-order valence-corrected chi connectivity index (χ0v) is 10.8. The molecule has 0 aliphatic carbocycles. The Hall–Kier alpha value is -0.120. The third-order valence-electron chi connectivity index (χ3n) is 3.20. The van der Waals surface area contributed by atoms with E-state index in [9.17, 15) is 5.11 Å². The van der Waals surface area contributed by atoms with E-state index in [1.165, 1.54) is 12.8 Å². The van der Waals surface area contributed by atoms with Crippen molar-refractivity contribution in [3.63, 3.8) is 0 Å². The molecule has 0 amide bonds. The third kappa shape index (κ3) is 5.83. The van der Waals surface area contributed by atoms with Crippen molar-refractivity contribution in [2.75, 3.05) is 19.7 Å². The average molecular weight is 229 g/mol. The lowest BCUT2D eigenvalue weighted by molar-refractivity contribution is 0.0496. The lowest BCUT2D eigenvalue weighted by atomic mass is 10.0. The van der Waals surface area contributed by atoms with Gasteiger partial charge < -0.3 is 15.2 Å². The van der Waals surface area contributed by atoms with Crippen LogP contribution in [0.2, 0.25) is 0 Å². The SMILES string of the molecule is CCCC(C)(O)CNCCCC1CCCO1. The molecule has 0 bridgehead atoms. The summed E-state index contributed by atoms with van der Waals surface area (Å²) in [5.41, 5.74) is -0.543. The van der Waals surface area contributed by atoms with Crippen LogP contribution < -0.4 is 5.32 Å². The minimum atomic E-state index is -0.543. The van der Waals surface area contributed by atoms with Crippen LogP contribution in [0.1, 0.15) is 52.4 Å². The normalized spacial score (nSPS) is 24.6. The largest absolute Gasteiger partial charge is 0.389 e. The lowest BCUT2D eigenvalue weighted by Gasteiger charge is -2.23. The van der Waals surface area contributed by atoms with Crippen molar-refractivity contribution in [1.29, 1.82) is 0 Å². The molecule has 0 spiro atoms. The van der Waals surface area contributed by atoms with Crippen LogP contribution >= 0.6 is 0 Å². The number of aliphatic hydroxyl groups is 1. The molecule has 1 fully saturated rings. The van der Waals surface area contributed by atoms with Gasteiger partial charge in [0.25, 0.3) is 0 Å². The Morgan fingerprint density at radius 2 is 2.31 bits per heavy atom. The molecule has 96 valence electrons. The number of hydrogen-bond acceptors (Lipinski definition) is 3. The van der Waals surface area contributed by atoms with Crippen molar-refractivity contribution in [1.82, 2.24) is 5.32 Å². The second-order valence-electron chi connectivity index (χ2n) is 5.20. The molecule has 1 saturated heterocycles. The maximum absolute atomic E-state index is 9.94. The van der Waals surface area contributed by atoms with E-state index >= 15 is 0 Å². The molecule has 3 heteroatoms. The monoisotopic (exact) mass is 229 g/mol. The van der Waals surface area contributed by atoms with Gasteiger partial charge in [0.2, 0.25) is 0 Å². The van der Waals surface area contributed by atoms with Gasteiger partial charge >= 0.3 is 0 Å². The highest BCUT2D eigenvalue weighted by Gasteiger charge is 2.18. The third-order valence-corrected chi connectivity index (χ3v) is 3.20. The minimum absolute atomic E-state index is 0.498. The summed E-state index contributed by atoms with van der Waals surface area (Å²) in [5.74, 6) is 0. The summed E-state index contributed by atoms with van der Waals surface area (Å²) >= 11 is 0. The molecular weight excluding hydrogens is 202 g/mol. The van der Waals surface area contributed by atoms with Crippen LogP contribution in [0, 0.1) is 0 Å². The molecule has 0 aromatic carbocycles. The molecule has 0 radical (unpaired) electrons. The summed E-state index contributed by atoms with van der Waals surface area (Å²) in [4.78, 5) is 0. The number of ether oxygens (including phenoxy) is 1. The summed E-state index contributed by atoms with van der Waals surface area (Å²) in [6, 6.07) is 0. The molecule has 16 heavy (non-hydrogen) atoms. The van der Waals surface area contributed by atoms with Crippen molar-refractivity contribution in [3.05, 3.63) is 0 Å². The summed E-state index contributed by atoms with van der Waals surface area (Å²) < 4.78 is 5.56. The Bertz CT molecular complexity index is 177. The van der Waals surface area contributed by atoms with Crippen LogP contribution in [-0.4, -0.2) is 36.5 Å². The predicted molar refractivity (Wildman–Crippen MR) is 66.6 cm³/mol. The van der Waals surface area contributed by atoms with Crippen LogP contribution in [0.25, 0.3) is 0 Å². The van der Waals surface area contributed by atoms with Gasteiger partial charge in [0.1, 0.15) is 0 Å². The Morgan fingerprint density at radius 1 is 1.50 bits per heavy atom. The smallest absolute Gasteiger partial charge is 0.0743 e. The van der Waals surface area contributed by atoms with E-state index in [2.05, 4.69) is 12.2 Å². The fourth-order valence-electron chi connectivity index (χ4n) is 2.31. The first-order valence-electron chi connectivity index (χ1n) is 6.69. The van der Waals surface area contributed by atoms with Gasteiger partial charge in [-0.3, -0.25) is 0 Å². The Morgan fingerprint density at radius 3 is 2.94 bits per heavy atom. The van der Waals surface area contributed by atoms with Gasteiger partial charge in [-0.1, -0.05) is 13.3 Å². The van der Waals surface area contributed by atoms with Crippen molar-refractivity contribution in [3.8, 4) is 0 Å². The zero-order chi connectivity index (χ0) is 11.9. The molecule has 2 N–H and O–H groups in total. The standard InChI is InChI=1S/C13H27NO2/c1-3-8-13(2,15)11-14-9-4-6-12-7-5-10-16-12/h12,14-15H,3-11H2,1-2H3. The molecule has 1 heterocycles.